The van der Waals surface area contributed by atoms with Crippen LogP contribution in [0.15, 0.2) is 29.8 Å². The number of ether oxygens (including phenoxy) is 1. The standard InChI is InChI=1S/C19H23N3O4S/c1-11(13-4-6-14(7-5-13)17-12(2)20-10-27-17)21-18(23)16-8-15(26-3)9-22(16)19(24)25/h4-7,10-11,15-16H,8-9H2,1-3H3,(H,21,23)(H,24,25)/t11-,15+,16+/m0/s1. The summed E-state index contributed by atoms with van der Waals surface area (Å²) in [5.74, 6) is -0.299. The molecular formula is C19H23N3O4S. The first-order valence-electron chi connectivity index (χ1n) is 8.73. The maximum atomic E-state index is 12.6. The number of nitrogens with zero attached hydrogens (tertiary/aromatic N) is 2. The summed E-state index contributed by atoms with van der Waals surface area (Å²) >= 11 is 1.60. The first-order chi connectivity index (χ1) is 12.9. The number of carboxylic acid groups (broad SMARTS) is 1. The molecule has 1 aromatic carbocycles. The van der Waals surface area contributed by atoms with Crippen molar-refractivity contribution in [2.24, 2.45) is 0 Å². The summed E-state index contributed by atoms with van der Waals surface area (Å²) in [6.45, 7) is 4.07. The zero-order valence-corrected chi connectivity index (χ0v) is 16.3. The molecule has 1 aliphatic rings. The average Bonchev–Trinajstić information content (AvgIpc) is 3.28. The number of amides is 2. The fraction of sp³-hybridized carbons (Fsp3) is 0.421. The predicted molar refractivity (Wildman–Crippen MR) is 103 cm³/mol. The lowest BCUT2D eigenvalue weighted by atomic mass is 10.0. The number of aromatic nitrogens is 1. The largest absolute Gasteiger partial charge is 0.465 e. The zero-order chi connectivity index (χ0) is 19.6. The Hall–Kier alpha value is -2.45. The van der Waals surface area contributed by atoms with Crippen LogP contribution in [0.3, 0.4) is 0 Å². The van der Waals surface area contributed by atoms with E-state index in [1.54, 1.807) is 11.3 Å². The summed E-state index contributed by atoms with van der Waals surface area (Å²) in [4.78, 5) is 30.6. The number of carbonyl (C=O) groups is 2. The van der Waals surface area contributed by atoms with E-state index in [4.69, 9.17) is 4.74 Å². The van der Waals surface area contributed by atoms with Crippen molar-refractivity contribution in [2.75, 3.05) is 13.7 Å². The summed E-state index contributed by atoms with van der Waals surface area (Å²) in [5, 5.41) is 12.3. The van der Waals surface area contributed by atoms with E-state index in [2.05, 4.69) is 10.3 Å². The lowest BCUT2D eigenvalue weighted by Crippen LogP contribution is -2.46. The van der Waals surface area contributed by atoms with Gasteiger partial charge in [0.15, 0.2) is 0 Å². The molecule has 1 fully saturated rings. The van der Waals surface area contributed by atoms with E-state index in [9.17, 15) is 14.7 Å². The third-order valence-electron chi connectivity index (χ3n) is 4.92. The van der Waals surface area contributed by atoms with Gasteiger partial charge < -0.3 is 15.2 Å². The Bertz CT molecular complexity index is 821. The number of rotatable bonds is 5. The Morgan fingerprint density at radius 3 is 2.63 bits per heavy atom. The molecule has 7 nitrogen and oxygen atoms in total. The molecule has 0 unspecified atom stereocenters. The van der Waals surface area contributed by atoms with Crippen molar-refractivity contribution in [3.63, 3.8) is 0 Å². The van der Waals surface area contributed by atoms with Crippen molar-refractivity contribution in [1.29, 1.82) is 0 Å². The van der Waals surface area contributed by atoms with E-state index in [0.717, 1.165) is 26.6 Å². The minimum absolute atomic E-state index is 0.210. The number of nitrogens with one attached hydrogen (secondary N) is 1. The molecule has 2 heterocycles. The van der Waals surface area contributed by atoms with Crippen LogP contribution in [0.1, 0.15) is 30.6 Å². The molecule has 1 saturated heterocycles. The van der Waals surface area contributed by atoms with Gasteiger partial charge in [-0.2, -0.15) is 0 Å². The number of hydrogen-bond donors (Lipinski definition) is 2. The van der Waals surface area contributed by atoms with E-state index >= 15 is 0 Å². The normalized spacial score (nSPS) is 20.5. The fourth-order valence-electron chi connectivity index (χ4n) is 3.32. The Morgan fingerprint density at radius 2 is 2.07 bits per heavy atom. The summed E-state index contributed by atoms with van der Waals surface area (Å²) in [5.41, 5.74) is 4.87. The molecule has 2 aromatic rings. The fourth-order valence-corrected chi connectivity index (χ4v) is 4.13. The predicted octanol–water partition coefficient (Wildman–Crippen LogP) is 3.06. The molecule has 3 rings (SSSR count). The lowest BCUT2D eigenvalue weighted by Gasteiger charge is -2.23. The minimum atomic E-state index is -1.10. The van der Waals surface area contributed by atoms with Crippen LogP contribution >= 0.6 is 11.3 Å². The van der Waals surface area contributed by atoms with Crippen LogP contribution in [-0.4, -0.2) is 52.8 Å². The van der Waals surface area contributed by atoms with Crippen LogP contribution in [0.5, 0.6) is 0 Å². The van der Waals surface area contributed by atoms with Crippen molar-refractivity contribution in [3.8, 4) is 10.4 Å². The van der Waals surface area contributed by atoms with Gasteiger partial charge in [0.1, 0.15) is 6.04 Å². The SMILES string of the molecule is CO[C@@H]1C[C@H](C(=O)N[C@@H](C)c2ccc(-c3scnc3C)cc2)N(C(=O)O)C1. The Balaban J connectivity index is 1.67. The van der Waals surface area contributed by atoms with Gasteiger partial charge in [-0.15, -0.1) is 11.3 Å². The smallest absolute Gasteiger partial charge is 0.408 e. The van der Waals surface area contributed by atoms with Crippen LogP contribution < -0.4 is 5.32 Å². The minimum Gasteiger partial charge on any atom is -0.465 e. The first-order valence-corrected chi connectivity index (χ1v) is 9.61. The Morgan fingerprint density at radius 1 is 1.37 bits per heavy atom. The Labute approximate surface area is 162 Å². The molecule has 8 heteroatoms. The molecule has 1 aromatic heterocycles. The van der Waals surface area contributed by atoms with Gasteiger partial charge in [0.25, 0.3) is 0 Å². The van der Waals surface area contributed by atoms with Gasteiger partial charge in [0.05, 0.1) is 34.8 Å². The second-order valence-corrected chi connectivity index (χ2v) is 7.52. The highest BCUT2D eigenvalue weighted by molar-refractivity contribution is 7.13. The molecule has 0 bridgehead atoms. The molecule has 144 valence electrons. The second kappa shape index (κ2) is 8.06. The number of thiazole rings is 1. The van der Waals surface area contributed by atoms with Crippen LogP contribution in [-0.2, 0) is 9.53 Å². The van der Waals surface area contributed by atoms with E-state index in [1.165, 1.54) is 7.11 Å². The molecule has 0 spiro atoms. The molecule has 0 aliphatic carbocycles. The summed E-state index contributed by atoms with van der Waals surface area (Å²) in [6.07, 6.45) is -0.994. The first kappa shape index (κ1) is 19.3. The van der Waals surface area contributed by atoms with Gasteiger partial charge in [0, 0.05) is 13.5 Å². The molecule has 2 amide bonds. The highest BCUT2D eigenvalue weighted by atomic mass is 32.1. The lowest BCUT2D eigenvalue weighted by molar-refractivity contribution is -0.125. The quantitative estimate of drug-likeness (QED) is 0.820. The van der Waals surface area contributed by atoms with Gasteiger partial charge in [-0.1, -0.05) is 24.3 Å². The van der Waals surface area contributed by atoms with Crippen LogP contribution in [0.25, 0.3) is 10.4 Å². The molecule has 0 saturated carbocycles. The zero-order valence-electron chi connectivity index (χ0n) is 15.5. The van der Waals surface area contributed by atoms with Crippen molar-refractivity contribution < 1.29 is 19.4 Å². The van der Waals surface area contributed by atoms with E-state index in [0.29, 0.717) is 6.42 Å². The van der Waals surface area contributed by atoms with Crippen LogP contribution in [0, 0.1) is 6.92 Å². The number of carbonyl (C=O) groups excluding carboxylic acids is 1. The third kappa shape index (κ3) is 4.12. The molecule has 1 aliphatic heterocycles. The Kier molecular flexibility index (Phi) is 5.76. The van der Waals surface area contributed by atoms with E-state index in [-0.39, 0.29) is 24.6 Å². The van der Waals surface area contributed by atoms with Gasteiger partial charge >= 0.3 is 6.09 Å². The topological polar surface area (TPSA) is 91.8 Å². The van der Waals surface area contributed by atoms with Crippen molar-refractivity contribution >= 4 is 23.3 Å². The van der Waals surface area contributed by atoms with Crippen molar-refractivity contribution in [1.82, 2.24) is 15.2 Å². The maximum absolute atomic E-state index is 12.6. The van der Waals surface area contributed by atoms with Gasteiger partial charge in [-0.3, -0.25) is 9.69 Å². The summed E-state index contributed by atoms with van der Waals surface area (Å²) in [6, 6.07) is 7.01. The van der Waals surface area contributed by atoms with Gasteiger partial charge in [-0.25, -0.2) is 9.78 Å². The van der Waals surface area contributed by atoms with E-state index in [1.807, 2.05) is 43.6 Å². The highest BCUT2D eigenvalue weighted by Gasteiger charge is 2.40. The number of hydrogen-bond acceptors (Lipinski definition) is 5. The molecular weight excluding hydrogens is 366 g/mol. The van der Waals surface area contributed by atoms with Gasteiger partial charge in [-0.05, 0) is 25.0 Å². The number of methoxy groups -OCH3 is 1. The molecule has 3 atom stereocenters. The number of aryl methyl sites for hydroxylation is 1. The monoisotopic (exact) mass is 389 g/mol. The third-order valence-corrected chi connectivity index (χ3v) is 5.90. The average molecular weight is 389 g/mol. The van der Waals surface area contributed by atoms with Crippen LogP contribution in [0.4, 0.5) is 4.79 Å². The van der Waals surface area contributed by atoms with Gasteiger partial charge in [0.2, 0.25) is 5.91 Å². The molecule has 2 N–H and O–H groups in total. The highest BCUT2D eigenvalue weighted by Crippen LogP contribution is 2.28. The maximum Gasteiger partial charge on any atom is 0.408 e. The van der Waals surface area contributed by atoms with Crippen molar-refractivity contribution in [2.45, 2.75) is 38.5 Å². The summed E-state index contributed by atoms with van der Waals surface area (Å²) < 4.78 is 5.23. The van der Waals surface area contributed by atoms with Crippen LogP contribution in [0.2, 0.25) is 0 Å². The van der Waals surface area contributed by atoms with E-state index < -0.39 is 12.1 Å². The van der Waals surface area contributed by atoms with Crippen molar-refractivity contribution in [3.05, 3.63) is 41.0 Å². The molecule has 27 heavy (non-hydrogen) atoms. The second-order valence-electron chi connectivity index (χ2n) is 6.66. The summed E-state index contributed by atoms with van der Waals surface area (Å²) in [7, 11) is 1.53. The number of benzene rings is 1. The number of likely N-dealkylation sites (tertiary alicyclic amines) is 1. The molecule has 0 radical (unpaired) electrons.